The molecule has 0 aliphatic heterocycles. The maximum atomic E-state index is 9.28. The first-order chi connectivity index (χ1) is 8.74. The summed E-state index contributed by atoms with van der Waals surface area (Å²) in [6.45, 7) is 0. The van der Waals surface area contributed by atoms with Crippen LogP contribution >= 0.6 is 11.8 Å². The second-order valence-corrected chi connectivity index (χ2v) is 4.92. The van der Waals surface area contributed by atoms with Crippen molar-refractivity contribution in [3.05, 3.63) is 42.2 Å². The van der Waals surface area contributed by atoms with Crippen molar-refractivity contribution >= 4 is 11.8 Å². The number of H-pyrrole nitrogens is 1. The molecule has 1 heterocycles. The van der Waals surface area contributed by atoms with Gasteiger partial charge in [-0.2, -0.15) is 10.4 Å². The Kier molecular flexibility index (Phi) is 3.97. The van der Waals surface area contributed by atoms with Gasteiger partial charge in [0.05, 0.1) is 6.07 Å². The van der Waals surface area contributed by atoms with Crippen LogP contribution in [0.1, 0.15) is 12.0 Å². The Bertz CT molecular complexity index is 519. The van der Waals surface area contributed by atoms with Crippen LogP contribution in [0, 0.1) is 11.3 Å². The first kappa shape index (κ1) is 12.6. The van der Waals surface area contributed by atoms with E-state index in [1.165, 1.54) is 18.1 Å². The van der Waals surface area contributed by atoms with Gasteiger partial charge < -0.3 is 5.73 Å². The third kappa shape index (κ3) is 2.88. The second-order valence-electron chi connectivity index (χ2n) is 3.84. The van der Waals surface area contributed by atoms with Crippen LogP contribution in [0.25, 0.3) is 0 Å². The van der Waals surface area contributed by atoms with Gasteiger partial charge in [-0.25, -0.2) is 4.98 Å². The first-order valence-corrected chi connectivity index (χ1v) is 6.47. The normalized spacial score (nSPS) is 13.8. The lowest BCUT2D eigenvalue weighted by molar-refractivity contribution is 0.560. The molecule has 92 valence electrons. The van der Waals surface area contributed by atoms with Crippen LogP contribution < -0.4 is 5.73 Å². The van der Waals surface area contributed by atoms with Gasteiger partial charge in [-0.05, 0) is 12.0 Å². The van der Waals surface area contributed by atoms with Gasteiger partial charge in [-0.1, -0.05) is 42.1 Å². The van der Waals surface area contributed by atoms with E-state index in [1.807, 2.05) is 30.3 Å². The van der Waals surface area contributed by atoms with Crippen molar-refractivity contribution in [3.8, 4) is 6.07 Å². The predicted molar refractivity (Wildman–Crippen MR) is 69.6 cm³/mol. The van der Waals surface area contributed by atoms with Gasteiger partial charge in [0.15, 0.2) is 5.16 Å². The topological polar surface area (TPSA) is 91.4 Å². The number of aromatic amines is 1. The molecule has 0 radical (unpaired) electrons. The number of nitrogens with one attached hydrogen (secondary N) is 1. The zero-order valence-electron chi connectivity index (χ0n) is 9.71. The number of thioether (sulfide) groups is 1. The van der Waals surface area contributed by atoms with E-state index in [4.69, 9.17) is 5.73 Å². The fourth-order valence-electron chi connectivity index (χ4n) is 1.57. The summed E-state index contributed by atoms with van der Waals surface area (Å²) in [4.78, 5) is 4.01. The van der Waals surface area contributed by atoms with Gasteiger partial charge in [0.1, 0.15) is 11.9 Å². The van der Waals surface area contributed by atoms with Crippen LogP contribution in [0.5, 0.6) is 0 Å². The molecule has 6 heteroatoms. The van der Waals surface area contributed by atoms with Crippen molar-refractivity contribution in [1.82, 2.24) is 15.2 Å². The summed E-state index contributed by atoms with van der Waals surface area (Å²) in [5.41, 5.74) is 6.03. The van der Waals surface area contributed by atoms with Crippen LogP contribution in [0.2, 0.25) is 0 Å². The molecule has 0 saturated heterocycles. The van der Waals surface area contributed by atoms with Gasteiger partial charge >= 0.3 is 0 Å². The molecule has 0 fully saturated rings. The van der Waals surface area contributed by atoms with Crippen molar-refractivity contribution in [2.75, 3.05) is 5.75 Å². The van der Waals surface area contributed by atoms with Crippen LogP contribution in [0.4, 0.5) is 0 Å². The third-order valence-electron chi connectivity index (χ3n) is 2.62. The molecule has 0 saturated carbocycles. The van der Waals surface area contributed by atoms with E-state index in [9.17, 15) is 5.26 Å². The van der Waals surface area contributed by atoms with E-state index >= 15 is 0 Å². The van der Waals surface area contributed by atoms with Crippen LogP contribution in [0.15, 0.2) is 41.8 Å². The molecule has 3 N–H and O–H groups in total. The average molecular weight is 259 g/mol. The lowest BCUT2D eigenvalue weighted by Gasteiger charge is -2.21. The van der Waals surface area contributed by atoms with Crippen molar-refractivity contribution in [1.29, 1.82) is 5.26 Å². The van der Waals surface area contributed by atoms with E-state index < -0.39 is 5.54 Å². The Labute approximate surface area is 109 Å². The maximum Gasteiger partial charge on any atom is 0.183 e. The average Bonchev–Trinajstić information content (AvgIpc) is 2.93. The van der Waals surface area contributed by atoms with Gasteiger partial charge in [0.2, 0.25) is 0 Å². The minimum absolute atomic E-state index is 0.554. The molecule has 2 aromatic rings. The summed E-state index contributed by atoms with van der Waals surface area (Å²) in [7, 11) is 0. The number of rotatable bonds is 5. The number of nitrogens with zero attached hydrogens (tertiary/aromatic N) is 3. The lowest BCUT2D eigenvalue weighted by atomic mass is 9.90. The van der Waals surface area contributed by atoms with E-state index in [-0.39, 0.29) is 0 Å². The van der Waals surface area contributed by atoms with Crippen LogP contribution in [0.3, 0.4) is 0 Å². The Morgan fingerprint density at radius 1 is 1.39 bits per heavy atom. The fraction of sp³-hybridized carbons (Fsp3) is 0.250. The standard InChI is InChI=1S/C12H13N5S/c13-8-12(14,10-4-2-1-3-5-10)6-7-18-11-15-9-16-17-11/h1-5,9H,6-7,14H2,(H,15,16,17). The SMILES string of the molecule is N#CC(N)(CCSc1ncn[nH]1)c1ccccc1. The quantitative estimate of drug-likeness (QED) is 0.797. The zero-order chi connectivity index (χ0) is 12.8. The van der Waals surface area contributed by atoms with Crippen molar-refractivity contribution in [3.63, 3.8) is 0 Å². The molecule has 0 aliphatic carbocycles. The molecule has 0 aliphatic rings. The summed E-state index contributed by atoms with van der Waals surface area (Å²) >= 11 is 1.50. The molecule has 1 aromatic carbocycles. The molecule has 1 unspecified atom stereocenters. The fourth-order valence-corrected chi connectivity index (χ4v) is 2.43. The number of aromatic nitrogens is 3. The number of benzene rings is 1. The number of hydrogen-bond acceptors (Lipinski definition) is 5. The Balaban J connectivity index is 1.99. The Hall–Kier alpha value is -1.84. The van der Waals surface area contributed by atoms with Crippen molar-refractivity contribution in [2.45, 2.75) is 17.1 Å². The summed E-state index contributed by atoms with van der Waals surface area (Å²) in [6.07, 6.45) is 2.01. The molecule has 5 nitrogen and oxygen atoms in total. The smallest absolute Gasteiger partial charge is 0.183 e. The third-order valence-corrected chi connectivity index (χ3v) is 3.49. The highest BCUT2D eigenvalue weighted by Gasteiger charge is 2.26. The highest BCUT2D eigenvalue weighted by Crippen LogP contribution is 2.24. The molecular formula is C12H13N5S. The molecule has 0 bridgehead atoms. The van der Waals surface area contributed by atoms with Crippen molar-refractivity contribution in [2.24, 2.45) is 5.73 Å². The van der Waals surface area contributed by atoms with Crippen LogP contribution in [-0.4, -0.2) is 20.9 Å². The Morgan fingerprint density at radius 3 is 2.78 bits per heavy atom. The largest absolute Gasteiger partial charge is 0.310 e. The number of nitriles is 1. The van der Waals surface area contributed by atoms with Gasteiger partial charge in [0.25, 0.3) is 0 Å². The molecule has 1 aromatic heterocycles. The summed E-state index contributed by atoms with van der Waals surface area (Å²) < 4.78 is 0. The highest BCUT2D eigenvalue weighted by molar-refractivity contribution is 7.99. The molecule has 0 spiro atoms. The minimum Gasteiger partial charge on any atom is -0.310 e. The van der Waals surface area contributed by atoms with E-state index in [2.05, 4.69) is 21.3 Å². The zero-order valence-corrected chi connectivity index (χ0v) is 10.5. The molecule has 0 amide bonds. The summed E-state index contributed by atoms with van der Waals surface area (Å²) in [5.74, 6) is 0.703. The monoisotopic (exact) mass is 259 g/mol. The van der Waals surface area contributed by atoms with Gasteiger partial charge in [0, 0.05) is 5.75 Å². The maximum absolute atomic E-state index is 9.28. The highest BCUT2D eigenvalue weighted by atomic mass is 32.2. The predicted octanol–water partition coefficient (Wildman–Crippen LogP) is 1.66. The number of nitrogens with two attached hydrogens (primary N) is 1. The van der Waals surface area contributed by atoms with Gasteiger partial charge in [-0.15, -0.1) is 0 Å². The second kappa shape index (κ2) is 5.67. The lowest BCUT2D eigenvalue weighted by Crippen LogP contribution is -2.35. The van der Waals surface area contributed by atoms with E-state index in [0.717, 1.165) is 10.7 Å². The number of hydrogen-bond donors (Lipinski definition) is 2. The summed E-state index contributed by atoms with van der Waals surface area (Å²) in [6, 6.07) is 11.6. The molecule has 18 heavy (non-hydrogen) atoms. The van der Waals surface area contributed by atoms with Gasteiger partial charge in [-0.3, -0.25) is 5.10 Å². The van der Waals surface area contributed by atoms with E-state index in [1.54, 1.807) is 0 Å². The molecule has 2 rings (SSSR count). The molecular weight excluding hydrogens is 246 g/mol. The van der Waals surface area contributed by atoms with Crippen molar-refractivity contribution < 1.29 is 0 Å². The van der Waals surface area contributed by atoms with E-state index in [0.29, 0.717) is 12.2 Å². The molecule has 1 atom stereocenters. The van der Waals surface area contributed by atoms with Crippen LogP contribution in [-0.2, 0) is 5.54 Å². The first-order valence-electron chi connectivity index (χ1n) is 5.48. The summed E-state index contributed by atoms with van der Waals surface area (Å²) in [5, 5.41) is 16.5. The Morgan fingerprint density at radius 2 is 2.17 bits per heavy atom. The minimum atomic E-state index is -0.950.